The van der Waals surface area contributed by atoms with Gasteiger partial charge in [0.1, 0.15) is 0 Å². The van der Waals surface area contributed by atoms with Crippen LogP contribution in [0.5, 0.6) is 0 Å². The Labute approximate surface area is 140 Å². The molecule has 0 aromatic rings. The van der Waals surface area contributed by atoms with Crippen molar-refractivity contribution in [3.8, 4) is 0 Å². The van der Waals surface area contributed by atoms with E-state index in [1.54, 1.807) is 0 Å². The van der Waals surface area contributed by atoms with E-state index in [2.05, 4.69) is 27.7 Å². The van der Waals surface area contributed by atoms with Crippen LogP contribution in [-0.4, -0.2) is 11.1 Å². The van der Waals surface area contributed by atoms with Crippen LogP contribution in [0.15, 0.2) is 0 Å². The van der Waals surface area contributed by atoms with E-state index in [1.165, 1.54) is 19.3 Å². The Hall–Kier alpha value is 2.32. The van der Waals surface area contributed by atoms with Gasteiger partial charge in [0, 0.05) is 0 Å². The summed E-state index contributed by atoms with van der Waals surface area (Å²) in [5, 5.41) is 4.75. The number of nitrogens with zero attached hydrogens (tertiary/aromatic N) is 1. The van der Waals surface area contributed by atoms with Crippen LogP contribution in [0.3, 0.4) is 0 Å². The van der Waals surface area contributed by atoms with Gasteiger partial charge in [0.2, 0.25) is 0 Å². The van der Waals surface area contributed by atoms with Crippen molar-refractivity contribution in [3.05, 3.63) is 5.32 Å². The molecule has 0 N–H and O–H groups in total. The average Bonchev–Trinajstić information content (AvgIpc) is 1.82. The zero-order valence-electron chi connectivity index (χ0n) is 11.4. The molecule has 1 aliphatic rings. The van der Waals surface area contributed by atoms with E-state index in [-0.39, 0.29) is 54.3 Å². The molecule has 0 unspecified atom stereocenters. The first-order chi connectivity index (χ1) is 5.83. The number of hydrogen-bond acceptors (Lipinski definition) is 0. The average molecular weight is 306 g/mol. The third-order valence-corrected chi connectivity index (χ3v) is 2.18. The number of piperidine rings is 1. The molecule has 1 heterocycles. The molecular formula is C9H18Cl2Li2NOZn-. The predicted octanol–water partition coefficient (Wildman–Crippen LogP) is -1.63. The predicted molar refractivity (Wildman–Crippen MR) is 57.8 cm³/mol. The van der Waals surface area contributed by atoms with Crippen molar-refractivity contribution in [2.75, 3.05) is 0 Å². The Morgan fingerprint density at radius 3 is 1.31 bits per heavy atom. The molecule has 1 fully saturated rings. The first-order valence-electron chi connectivity index (χ1n) is 4.69. The molecule has 0 bridgehead atoms. The van der Waals surface area contributed by atoms with E-state index >= 15 is 0 Å². The van der Waals surface area contributed by atoms with E-state index in [0.29, 0.717) is 0 Å². The fourth-order valence-electron chi connectivity index (χ4n) is 1.88. The summed E-state index contributed by atoms with van der Waals surface area (Å²) in [4.78, 5) is 0. The van der Waals surface area contributed by atoms with Gasteiger partial charge < -0.3 is 10.8 Å². The van der Waals surface area contributed by atoms with Crippen molar-refractivity contribution < 1.29 is 58.3 Å². The van der Waals surface area contributed by atoms with Gasteiger partial charge in [-0.15, -0.1) is 11.1 Å². The Balaban J connectivity index is -0.000000109. The van der Waals surface area contributed by atoms with Crippen LogP contribution in [-0.2, 0) is 20.6 Å². The van der Waals surface area contributed by atoms with Gasteiger partial charge in [0.05, 0.1) is 0 Å². The molecule has 0 atom stereocenters. The fraction of sp³-hybridized carbons (Fsp3) is 1.00. The van der Waals surface area contributed by atoms with Gasteiger partial charge in [-0.25, -0.2) is 0 Å². The summed E-state index contributed by atoms with van der Waals surface area (Å²) < 4.78 is 0. The summed E-state index contributed by atoms with van der Waals surface area (Å²) in [5.41, 5.74) is 0.476. The van der Waals surface area contributed by atoms with E-state index < -0.39 is 15.1 Å². The summed E-state index contributed by atoms with van der Waals surface area (Å²) in [6.45, 7) is 8.92. The smallest absolute Gasteiger partial charge is 1.00 e. The van der Waals surface area contributed by atoms with Crippen LogP contribution >= 0.6 is 19.4 Å². The SMILES string of the molecule is CC1(C)CCCC(C)(C)[N-]1.[Cl][Zn][Cl].[Li+].[Li+].[O-2]. The Morgan fingerprint density at radius 1 is 0.938 bits per heavy atom. The molecule has 0 aromatic heterocycles. The molecule has 0 aliphatic carbocycles. The topological polar surface area (TPSA) is 42.6 Å². The minimum Gasteiger partial charge on any atom is -2.00 e. The maximum Gasteiger partial charge on any atom is 1.00 e. The van der Waals surface area contributed by atoms with Gasteiger partial charge in [0.15, 0.2) is 0 Å². The van der Waals surface area contributed by atoms with E-state index in [9.17, 15) is 0 Å². The summed E-state index contributed by atoms with van der Waals surface area (Å²) in [7, 11) is 9.90. The number of hydrogen-bond donors (Lipinski definition) is 0. The van der Waals surface area contributed by atoms with E-state index in [0.717, 1.165) is 0 Å². The van der Waals surface area contributed by atoms with Gasteiger partial charge in [-0.3, -0.25) is 0 Å². The maximum atomic E-state index is 4.95. The molecule has 0 spiro atoms. The third kappa shape index (κ3) is 14.4. The molecule has 7 heteroatoms. The summed E-state index contributed by atoms with van der Waals surface area (Å²) >= 11 is -0.931. The molecule has 0 saturated carbocycles. The molecule has 1 rings (SSSR count). The molecule has 1 saturated heterocycles. The minimum atomic E-state index is -0.931. The Kier molecular flexibility index (Phi) is 20.7. The molecule has 0 aromatic carbocycles. The number of halogens is 2. The zero-order valence-corrected chi connectivity index (χ0v) is 15.9. The number of rotatable bonds is 0. The quantitative estimate of drug-likeness (QED) is 0.482. The second kappa shape index (κ2) is 12.4. The molecule has 2 nitrogen and oxygen atoms in total. The first kappa shape index (κ1) is 26.8. The van der Waals surface area contributed by atoms with E-state index in [1.807, 2.05) is 0 Å². The third-order valence-electron chi connectivity index (χ3n) is 2.18. The normalized spacial score (nSPS) is 19.4. The van der Waals surface area contributed by atoms with Crippen LogP contribution in [0, 0.1) is 0 Å². The van der Waals surface area contributed by atoms with Crippen molar-refractivity contribution in [1.29, 1.82) is 0 Å². The van der Waals surface area contributed by atoms with E-state index in [4.69, 9.17) is 24.7 Å². The Bertz CT molecular complexity index is 148. The second-order valence-corrected chi connectivity index (χ2v) is 9.31. The van der Waals surface area contributed by atoms with Crippen LogP contribution in [0.1, 0.15) is 47.0 Å². The van der Waals surface area contributed by atoms with Gasteiger partial charge >= 0.3 is 72.2 Å². The van der Waals surface area contributed by atoms with Crippen molar-refractivity contribution in [2.45, 2.75) is 58.0 Å². The minimum absolute atomic E-state index is 0. The van der Waals surface area contributed by atoms with Crippen molar-refractivity contribution >= 4 is 19.4 Å². The summed E-state index contributed by atoms with van der Waals surface area (Å²) in [6, 6.07) is 0. The molecular weight excluding hydrogens is 288 g/mol. The molecule has 84 valence electrons. The van der Waals surface area contributed by atoms with Crippen molar-refractivity contribution in [2.24, 2.45) is 0 Å². The molecule has 1 aliphatic heterocycles. The summed E-state index contributed by atoms with van der Waals surface area (Å²) in [6.07, 6.45) is 3.86. The van der Waals surface area contributed by atoms with Crippen molar-refractivity contribution in [1.82, 2.24) is 0 Å². The largest absolute Gasteiger partial charge is 2.00 e. The molecule has 0 radical (unpaired) electrons. The van der Waals surface area contributed by atoms with Gasteiger partial charge in [0.25, 0.3) is 0 Å². The van der Waals surface area contributed by atoms with Crippen LogP contribution in [0.2, 0.25) is 0 Å². The second-order valence-electron chi connectivity index (χ2n) is 4.69. The van der Waals surface area contributed by atoms with Crippen LogP contribution in [0.25, 0.3) is 5.32 Å². The van der Waals surface area contributed by atoms with Crippen LogP contribution < -0.4 is 37.7 Å². The van der Waals surface area contributed by atoms with Crippen molar-refractivity contribution in [3.63, 3.8) is 0 Å². The Morgan fingerprint density at radius 2 is 1.19 bits per heavy atom. The van der Waals surface area contributed by atoms with Gasteiger partial charge in [-0.1, -0.05) is 47.0 Å². The zero-order chi connectivity index (χ0) is 10.5. The standard InChI is InChI=1S/C9H18N.2ClH.2Li.O.Zn/c1-8(2)6-5-7-9(3,4)10-8;;;;;;/h5-7H2,1-4H3;2*1H;;;;/q-1;;;2*+1;-2;+2/p-2. The molecule has 16 heavy (non-hydrogen) atoms. The van der Waals surface area contributed by atoms with Gasteiger partial charge in [-0.05, 0) is 0 Å². The molecule has 0 amide bonds. The maximum absolute atomic E-state index is 4.95. The monoisotopic (exact) mass is 304 g/mol. The first-order valence-corrected chi connectivity index (χ1v) is 12.5. The van der Waals surface area contributed by atoms with Crippen LogP contribution in [0.4, 0.5) is 0 Å². The van der Waals surface area contributed by atoms with Gasteiger partial charge in [-0.2, -0.15) is 0 Å². The fourth-order valence-corrected chi connectivity index (χ4v) is 1.88. The summed E-state index contributed by atoms with van der Waals surface area (Å²) in [5.74, 6) is 0.